The molecule has 0 spiro atoms. The predicted molar refractivity (Wildman–Crippen MR) is 109 cm³/mol. The van der Waals surface area contributed by atoms with E-state index < -0.39 is 23.0 Å². The minimum Gasteiger partial charge on any atom is -0.468 e. The monoisotopic (exact) mass is 418 g/mol. The molecular formula is C21H23FN2O4S. The topological polar surface area (TPSA) is 98.5 Å². The van der Waals surface area contributed by atoms with Gasteiger partial charge in [0.05, 0.1) is 18.6 Å². The molecule has 2 amide bonds. The van der Waals surface area contributed by atoms with Crippen LogP contribution in [0.1, 0.15) is 22.8 Å². The zero-order valence-corrected chi connectivity index (χ0v) is 17.0. The third kappa shape index (κ3) is 6.60. The molecule has 3 N–H and O–H groups in total. The van der Waals surface area contributed by atoms with Gasteiger partial charge in [0.2, 0.25) is 5.91 Å². The third-order valence-corrected chi connectivity index (χ3v) is 5.43. The molecular weight excluding hydrogens is 395 g/mol. The van der Waals surface area contributed by atoms with Gasteiger partial charge in [-0.3, -0.25) is 14.4 Å². The fourth-order valence-electron chi connectivity index (χ4n) is 2.65. The normalized spacial score (nSPS) is 12.7. The van der Waals surface area contributed by atoms with Crippen molar-refractivity contribution < 1.29 is 23.5 Å². The van der Waals surface area contributed by atoms with Crippen LogP contribution in [0.25, 0.3) is 0 Å². The number of primary amides is 1. The van der Waals surface area contributed by atoms with E-state index in [2.05, 4.69) is 5.32 Å². The van der Waals surface area contributed by atoms with Gasteiger partial charge in [-0.2, -0.15) is 0 Å². The summed E-state index contributed by atoms with van der Waals surface area (Å²) in [5.74, 6) is -2.34. The number of methoxy groups -OCH3 is 1. The molecule has 0 heterocycles. The number of halogens is 1. The molecule has 0 aliphatic heterocycles. The molecule has 2 unspecified atom stereocenters. The Hall–Kier alpha value is -2.87. The van der Waals surface area contributed by atoms with E-state index in [0.29, 0.717) is 10.5 Å². The Morgan fingerprint density at radius 1 is 1.14 bits per heavy atom. The Morgan fingerprint density at radius 3 is 2.41 bits per heavy atom. The summed E-state index contributed by atoms with van der Waals surface area (Å²) >= 11 is 1.21. The first-order chi connectivity index (χ1) is 13.8. The first kappa shape index (κ1) is 22.4. The van der Waals surface area contributed by atoms with Crippen molar-refractivity contribution in [1.82, 2.24) is 5.32 Å². The summed E-state index contributed by atoms with van der Waals surface area (Å²) in [5, 5.41) is 2.24. The van der Waals surface area contributed by atoms with E-state index in [4.69, 9.17) is 10.5 Å². The van der Waals surface area contributed by atoms with Crippen molar-refractivity contribution in [2.45, 2.75) is 23.5 Å². The third-order valence-electron chi connectivity index (χ3n) is 4.28. The molecule has 0 fully saturated rings. The first-order valence-electron chi connectivity index (χ1n) is 8.97. The Bertz CT molecular complexity index is 873. The predicted octanol–water partition coefficient (Wildman–Crippen LogP) is 2.55. The van der Waals surface area contributed by atoms with E-state index in [0.717, 1.165) is 5.56 Å². The number of benzene rings is 2. The molecule has 0 aliphatic rings. The van der Waals surface area contributed by atoms with E-state index in [1.54, 1.807) is 43.3 Å². The van der Waals surface area contributed by atoms with Crippen molar-refractivity contribution in [3.05, 3.63) is 65.5 Å². The Labute approximate surface area is 173 Å². The highest BCUT2D eigenvalue weighted by molar-refractivity contribution is 8.00. The van der Waals surface area contributed by atoms with E-state index in [1.165, 1.54) is 31.0 Å². The molecule has 2 atom stereocenters. The largest absolute Gasteiger partial charge is 0.468 e. The fraction of sp³-hybridized carbons (Fsp3) is 0.286. The van der Waals surface area contributed by atoms with Gasteiger partial charge in [0.15, 0.2) is 0 Å². The smallest absolute Gasteiger partial charge is 0.318 e. The van der Waals surface area contributed by atoms with Crippen molar-refractivity contribution in [2.24, 2.45) is 11.7 Å². The number of nitrogens with one attached hydrogen (secondary N) is 1. The molecule has 0 radical (unpaired) electrons. The lowest BCUT2D eigenvalue weighted by atomic mass is 9.98. The molecule has 8 heteroatoms. The molecule has 0 saturated carbocycles. The molecule has 2 aromatic rings. The minimum absolute atomic E-state index is 0.0388. The maximum absolute atomic E-state index is 13.0. The number of esters is 1. The van der Waals surface area contributed by atoms with Crippen molar-refractivity contribution in [3.63, 3.8) is 0 Å². The molecule has 0 aliphatic carbocycles. The maximum atomic E-state index is 13.0. The summed E-state index contributed by atoms with van der Waals surface area (Å²) < 4.78 is 17.8. The number of carbonyl (C=O) groups is 3. The lowest BCUT2D eigenvalue weighted by Crippen LogP contribution is -2.37. The van der Waals surface area contributed by atoms with Gasteiger partial charge in [-0.1, -0.05) is 24.3 Å². The van der Waals surface area contributed by atoms with Gasteiger partial charge in [0.25, 0.3) is 5.91 Å². The lowest BCUT2D eigenvalue weighted by Gasteiger charge is -2.16. The second-order valence-corrected chi connectivity index (χ2v) is 7.80. The zero-order valence-electron chi connectivity index (χ0n) is 16.2. The van der Waals surface area contributed by atoms with Crippen LogP contribution in [0.15, 0.2) is 53.4 Å². The van der Waals surface area contributed by atoms with Gasteiger partial charge in [-0.05, 0) is 43.2 Å². The quantitative estimate of drug-likeness (QED) is 0.482. The van der Waals surface area contributed by atoms with E-state index in [-0.39, 0.29) is 24.7 Å². The molecule has 154 valence electrons. The number of rotatable bonds is 9. The Kier molecular flexibility index (Phi) is 8.21. The van der Waals surface area contributed by atoms with Crippen LogP contribution in [0.3, 0.4) is 0 Å². The van der Waals surface area contributed by atoms with Crippen molar-refractivity contribution in [1.29, 1.82) is 0 Å². The summed E-state index contributed by atoms with van der Waals surface area (Å²) in [6.45, 7) is 1.73. The van der Waals surface area contributed by atoms with Crippen LogP contribution < -0.4 is 11.1 Å². The van der Waals surface area contributed by atoms with Crippen LogP contribution in [0.4, 0.5) is 4.39 Å². The molecule has 2 aromatic carbocycles. The summed E-state index contributed by atoms with van der Waals surface area (Å²) in [7, 11) is 1.31. The highest BCUT2D eigenvalue weighted by Gasteiger charge is 2.21. The second-order valence-electron chi connectivity index (χ2n) is 6.42. The van der Waals surface area contributed by atoms with E-state index >= 15 is 0 Å². The number of thioether (sulfide) groups is 1. The molecule has 0 bridgehead atoms. The molecule has 29 heavy (non-hydrogen) atoms. The van der Waals surface area contributed by atoms with Gasteiger partial charge in [-0.15, -0.1) is 11.8 Å². The number of carbonyl (C=O) groups excluding carboxylic acids is 3. The lowest BCUT2D eigenvalue weighted by molar-refractivity contribution is -0.139. The highest BCUT2D eigenvalue weighted by Crippen LogP contribution is 2.27. The van der Waals surface area contributed by atoms with Crippen LogP contribution >= 0.6 is 11.8 Å². The van der Waals surface area contributed by atoms with Crippen molar-refractivity contribution >= 4 is 29.5 Å². The zero-order chi connectivity index (χ0) is 21.4. The van der Waals surface area contributed by atoms with Crippen LogP contribution in [-0.4, -0.2) is 36.7 Å². The van der Waals surface area contributed by atoms with Crippen LogP contribution in [0, 0.1) is 11.7 Å². The van der Waals surface area contributed by atoms with Gasteiger partial charge >= 0.3 is 5.97 Å². The van der Waals surface area contributed by atoms with E-state index in [1.807, 2.05) is 0 Å². The Morgan fingerprint density at radius 2 is 1.79 bits per heavy atom. The highest BCUT2D eigenvalue weighted by atomic mass is 32.2. The first-order valence-corrected chi connectivity index (χ1v) is 9.85. The summed E-state index contributed by atoms with van der Waals surface area (Å²) in [6, 6.07) is 12.6. The molecule has 0 aromatic heterocycles. The van der Waals surface area contributed by atoms with E-state index in [9.17, 15) is 18.8 Å². The SMILES string of the molecule is COC(=O)C(C)Sc1ccccc1C(=O)NCC(Cc1ccc(F)cc1)C(N)=O. The van der Waals surface area contributed by atoms with Crippen LogP contribution in [-0.2, 0) is 20.7 Å². The van der Waals surface area contributed by atoms with Crippen LogP contribution in [0.2, 0.25) is 0 Å². The van der Waals surface area contributed by atoms with Crippen molar-refractivity contribution in [2.75, 3.05) is 13.7 Å². The minimum atomic E-state index is -0.641. The summed E-state index contributed by atoms with van der Waals surface area (Å²) in [4.78, 5) is 36.7. The Balaban J connectivity index is 2.05. The van der Waals surface area contributed by atoms with Gasteiger partial charge in [0.1, 0.15) is 11.1 Å². The standard InChI is InChI=1S/C21H23FN2O4S/c1-13(21(27)28-2)29-18-6-4-3-5-17(18)20(26)24-12-15(19(23)25)11-14-7-9-16(22)10-8-14/h3-10,13,15H,11-12H2,1-2H3,(H2,23,25)(H,24,26). The van der Waals surface area contributed by atoms with Crippen molar-refractivity contribution in [3.8, 4) is 0 Å². The number of hydrogen-bond acceptors (Lipinski definition) is 5. The number of nitrogens with two attached hydrogens (primary N) is 1. The number of hydrogen-bond donors (Lipinski definition) is 2. The summed E-state index contributed by atoms with van der Waals surface area (Å²) in [5.41, 5.74) is 6.59. The number of amides is 2. The second kappa shape index (κ2) is 10.6. The van der Waals surface area contributed by atoms with Gasteiger partial charge in [-0.25, -0.2) is 4.39 Å². The summed E-state index contributed by atoms with van der Waals surface area (Å²) in [6.07, 6.45) is 0.283. The average Bonchev–Trinajstić information content (AvgIpc) is 2.71. The molecule has 6 nitrogen and oxygen atoms in total. The number of ether oxygens (including phenoxy) is 1. The van der Waals surface area contributed by atoms with Gasteiger partial charge in [0, 0.05) is 11.4 Å². The fourth-order valence-corrected chi connectivity index (χ4v) is 3.67. The van der Waals surface area contributed by atoms with Gasteiger partial charge < -0.3 is 15.8 Å². The maximum Gasteiger partial charge on any atom is 0.318 e. The van der Waals surface area contributed by atoms with Crippen LogP contribution in [0.5, 0.6) is 0 Å². The average molecular weight is 418 g/mol. The molecule has 0 saturated heterocycles. The molecule has 2 rings (SSSR count).